The molecule has 1 saturated heterocycles. The van der Waals surface area contributed by atoms with Crippen LogP contribution in [0.1, 0.15) is 26.7 Å². The summed E-state index contributed by atoms with van der Waals surface area (Å²) in [4.78, 5) is 4.92. The van der Waals surface area contributed by atoms with E-state index in [1.54, 1.807) is 12.1 Å². The molecule has 0 aromatic heterocycles. The molecular formula is C17H28FN3. The third kappa shape index (κ3) is 4.97. The number of halogens is 1. The van der Waals surface area contributed by atoms with E-state index in [0.29, 0.717) is 6.04 Å². The molecule has 0 bridgehead atoms. The predicted molar refractivity (Wildman–Crippen MR) is 87.4 cm³/mol. The minimum Gasteiger partial charge on any atom is -0.369 e. The van der Waals surface area contributed by atoms with Crippen molar-refractivity contribution in [3.05, 3.63) is 30.1 Å². The molecular weight excluding hydrogens is 265 g/mol. The zero-order valence-electron chi connectivity index (χ0n) is 13.3. The van der Waals surface area contributed by atoms with Crippen LogP contribution >= 0.6 is 0 Å². The van der Waals surface area contributed by atoms with Crippen LogP contribution in [0.3, 0.4) is 0 Å². The topological polar surface area (TPSA) is 18.5 Å². The Labute approximate surface area is 128 Å². The van der Waals surface area contributed by atoms with Gasteiger partial charge in [0.15, 0.2) is 0 Å². The second-order valence-corrected chi connectivity index (χ2v) is 5.84. The second-order valence-electron chi connectivity index (χ2n) is 5.84. The molecule has 1 aromatic rings. The minimum atomic E-state index is -0.160. The quantitative estimate of drug-likeness (QED) is 0.780. The van der Waals surface area contributed by atoms with Gasteiger partial charge < -0.3 is 10.2 Å². The zero-order chi connectivity index (χ0) is 15.1. The van der Waals surface area contributed by atoms with E-state index in [2.05, 4.69) is 29.0 Å². The Morgan fingerprint density at radius 2 is 1.81 bits per heavy atom. The van der Waals surface area contributed by atoms with E-state index in [9.17, 15) is 4.39 Å². The number of benzene rings is 1. The summed E-state index contributed by atoms with van der Waals surface area (Å²) in [6, 6.07) is 7.50. The molecule has 1 atom stereocenters. The summed E-state index contributed by atoms with van der Waals surface area (Å²) in [6.07, 6.45) is 2.50. The monoisotopic (exact) mass is 293 g/mol. The highest BCUT2D eigenvalue weighted by atomic mass is 19.1. The molecule has 1 unspecified atom stereocenters. The first-order valence-corrected chi connectivity index (χ1v) is 8.16. The number of rotatable bonds is 7. The lowest BCUT2D eigenvalue weighted by atomic mass is 10.1. The smallest absolute Gasteiger partial charge is 0.123 e. The lowest BCUT2D eigenvalue weighted by Gasteiger charge is -2.39. The molecule has 1 N–H and O–H groups in total. The Balaban J connectivity index is 1.73. The van der Waals surface area contributed by atoms with Crippen LogP contribution in [0.2, 0.25) is 0 Å². The minimum absolute atomic E-state index is 0.160. The first-order chi connectivity index (χ1) is 10.2. The van der Waals surface area contributed by atoms with Gasteiger partial charge in [0, 0.05) is 37.9 Å². The summed E-state index contributed by atoms with van der Waals surface area (Å²) in [7, 11) is 0. The van der Waals surface area contributed by atoms with Gasteiger partial charge in [-0.15, -0.1) is 0 Å². The Morgan fingerprint density at radius 1 is 1.14 bits per heavy atom. The summed E-state index contributed by atoms with van der Waals surface area (Å²) in [5.74, 6) is -0.160. The van der Waals surface area contributed by atoms with E-state index in [1.165, 1.54) is 12.8 Å². The molecule has 1 heterocycles. The van der Waals surface area contributed by atoms with E-state index in [0.717, 1.165) is 45.0 Å². The van der Waals surface area contributed by atoms with Crippen LogP contribution in [-0.2, 0) is 0 Å². The third-order valence-corrected chi connectivity index (χ3v) is 4.35. The molecule has 0 amide bonds. The van der Waals surface area contributed by atoms with Gasteiger partial charge in [0.2, 0.25) is 0 Å². The number of piperazine rings is 1. The third-order valence-electron chi connectivity index (χ3n) is 4.35. The van der Waals surface area contributed by atoms with Gasteiger partial charge >= 0.3 is 0 Å². The van der Waals surface area contributed by atoms with Gasteiger partial charge in [-0.3, -0.25) is 4.90 Å². The fourth-order valence-corrected chi connectivity index (χ4v) is 2.95. The van der Waals surface area contributed by atoms with E-state index in [-0.39, 0.29) is 5.82 Å². The van der Waals surface area contributed by atoms with Crippen molar-refractivity contribution >= 4 is 5.69 Å². The van der Waals surface area contributed by atoms with E-state index in [4.69, 9.17) is 0 Å². The molecule has 1 aliphatic rings. The van der Waals surface area contributed by atoms with Crippen LogP contribution < -0.4 is 10.2 Å². The lowest BCUT2D eigenvalue weighted by Crippen LogP contribution is -2.49. The van der Waals surface area contributed by atoms with Crippen molar-refractivity contribution in [1.29, 1.82) is 0 Å². The molecule has 1 fully saturated rings. The Hall–Kier alpha value is -1.13. The van der Waals surface area contributed by atoms with Crippen LogP contribution in [0.15, 0.2) is 24.3 Å². The van der Waals surface area contributed by atoms with Crippen molar-refractivity contribution in [2.45, 2.75) is 32.7 Å². The number of hydrogen-bond acceptors (Lipinski definition) is 3. The van der Waals surface area contributed by atoms with Crippen molar-refractivity contribution in [1.82, 2.24) is 10.2 Å². The first-order valence-electron chi connectivity index (χ1n) is 8.16. The molecule has 0 radical (unpaired) electrons. The maximum absolute atomic E-state index is 13.0. The van der Waals surface area contributed by atoms with Crippen LogP contribution in [0.25, 0.3) is 0 Å². The van der Waals surface area contributed by atoms with Crippen molar-refractivity contribution in [2.75, 3.05) is 44.2 Å². The molecule has 1 aromatic carbocycles. The summed E-state index contributed by atoms with van der Waals surface area (Å²) in [6.45, 7) is 10.9. The molecule has 4 heteroatoms. The fourth-order valence-electron chi connectivity index (χ4n) is 2.95. The summed E-state index contributed by atoms with van der Waals surface area (Å²) in [5, 5.41) is 3.38. The van der Waals surface area contributed by atoms with Gasteiger partial charge in [-0.25, -0.2) is 4.39 Å². The summed E-state index contributed by atoms with van der Waals surface area (Å²) in [5.41, 5.74) is 1.14. The van der Waals surface area contributed by atoms with Crippen molar-refractivity contribution < 1.29 is 4.39 Å². The second kappa shape index (κ2) is 8.35. The maximum Gasteiger partial charge on any atom is 0.123 e. The van der Waals surface area contributed by atoms with Gasteiger partial charge in [-0.05, 0) is 57.1 Å². The Bertz CT molecular complexity index is 399. The Kier molecular flexibility index (Phi) is 6.46. The first kappa shape index (κ1) is 16.2. The molecule has 2 rings (SSSR count). The number of hydrogen-bond donors (Lipinski definition) is 1. The van der Waals surface area contributed by atoms with Gasteiger partial charge in [-0.2, -0.15) is 0 Å². The fraction of sp³-hybridized carbons (Fsp3) is 0.647. The van der Waals surface area contributed by atoms with Gasteiger partial charge in [0.05, 0.1) is 0 Å². The number of nitrogens with zero attached hydrogens (tertiary/aromatic N) is 2. The van der Waals surface area contributed by atoms with Crippen LogP contribution in [-0.4, -0.2) is 50.2 Å². The zero-order valence-corrected chi connectivity index (χ0v) is 13.3. The lowest BCUT2D eigenvalue weighted by molar-refractivity contribution is 0.186. The predicted octanol–water partition coefficient (Wildman–Crippen LogP) is 2.73. The Morgan fingerprint density at radius 3 is 2.43 bits per heavy atom. The average Bonchev–Trinajstić information content (AvgIpc) is 2.52. The molecule has 1 aliphatic heterocycles. The highest BCUT2D eigenvalue weighted by Gasteiger charge is 2.20. The van der Waals surface area contributed by atoms with Crippen molar-refractivity contribution in [3.8, 4) is 0 Å². The molecule has 0 spiro atoms. The number of nitrogens with one attached hydrogen (secondary N) is 1. The molecule has 0 saturated carbocycles. The largest absolute Gasteiger partial charge is 0.369 e. The normalized spacial score (nSPS) is 18.0. The van der Waals surface area contributed by atoms with Crippen molar-refractivity contribution in [2.24, 2.45) is 0 Å². The summed E-state index contributed by atoms with van der Waals surface area (Å²) < 4.78 is 13.0. The van der Waals surface area contributed by atoms with Gasteiger partial charge in [-0.1, -0.05) is 6.92 Å². The SMILES string of the molecule is CCNCCCC(C)N1CCN(c2ccc(F)cc2)CC1. The molecule has 118 valence electrons. The van der Waals surface area contributed by atoms with E-state index < -0.39 is 0 Å². The molecule has 0 aliphatic carbocycles. The van der Waals surface area contributed by atoms with Crippen LogP contribution in [0.5, 0.6) is 0 Å². The average molecular weight is 293 g/mol. The van der Waals surface area contributed by atoms with Crippen LogP contribution in [0.4, 0.5) is 10.1 Å². The van der Waals surface area contributed by atoms with Crippen molar-refractivity contribution in [3.63, 3.8) is 0 Å². The van der Waals surface area contributed by atoms with Gasteiger partial charge in [0.1, 0.15) is 5.82 Å². The molecule has 3 nitrogen and oxygen atoms in total. The van der Waals surface area contributed by atoms with Gasteiger partial charge in [0.25, 0.3) is 0 Å². The molecule has 21 heavy (non-hydrogen) atoms. The standard InChI is InChI=1S/C17H28FN3/c1-3-19-10-4-5-15(2)20-11-13-21(14-12-20)17-8-6-16(18)7-9-17/h6-9,15,19H,3-5,10-14H2,1-2H3. The maximum atomic E-state index is 13.0. The van der Waals surface area contributed by atoms with E-state index in [1.807, 2.05) is 12.1 Å². The van der Waals surface area contributed by atoms with Crippen LogP contribution in [0, 0.1) is 5.82 Å². The highest BCUT2D eigenvalue weighted by molar-refractivity contribution is 5.46. The summed E-state index contributed by atoms with van der Waals surface area (Å²) >= 11 is 0. The highest BCUT2D eigenvalue weighted by Crippen LogP contribution is 2.18. The number of anilines is 1. The van der Waals surface area contributed by atoms with E-state index >= 15 is 0 Å².